The van der Waals surface area contributed by atoms with E-state index in [4.69, 9.17) is 9.47 Å². The minimum atomic E-state index is -0.354. The zero-order valence-corrected chi connectivity index (χ0v) is 11.9. The van der Waals surface area contributed by atoms with Crippen LogP contribution >= 0.6 is 11.3 Å². The van der Waals surface area contributed by atoms with Gasteiger partial charge < -0.3 is 14.4 Å². The summed E-state index contributed by atoms with van der Waals surface area (Å²) in [6.45, 7) is 1.49. The molecule has 0 radical (unpaired) electrons. The van der Waals surface area contributed by atoms with E-state index in [1.165, 1.54) is 18.4 Å². The van der Waals surface area contributed by atoms with Gasteiger partial charge in [0.25, 0.3) is 0 Å². The van der Waals surface area contributed by atoms with Crippen molar-refractivity contribution >= 4 is 28.1 Å². The quantitative estimate of drug-likeness (QED) is 0.796. The number of benzene rings is 1. The molecule has 1 aliphatic heterocycles. The topological polar surface area (TPSA) is 51.7 Å². The van der Waals surface area contributed by atoms with Gasteiger partial charge in [0.05, 0.1) is 25.6 Å². The van der Waals surface area contributed by atoms with Crippen LogP contribution in [0.4, 0.5) is 10.8 Å². The number of carbonyl (C=O) groups excluding carboxylic acids is 1. The fourth-order valence-corrected chi connectivity index (χ4v) is 2.98. The van der Waals surface area contributed by atoms with Crippen molar-refractivity contribution in [2.24, 2.45) is 0 Å². The molecule has 0 amide bonds. The molecule has 0 unspecified atom stereocenters. The number of thiazole rings is 1. The average Bonchev–Trinajstić information content (AvgIpc) is 2.87. The van der Waals surface area contributed by atoms with E-state index in [-0.39, 0.29) is 5.97 Å². The minimum absolute atomic E-state index is 0.354. The maximum Gasteiger partial charge on any atom is 0.349 e. The maximum absolute atomic E-state index is 11.5. The van der Waals surface area contributed by atoms with Crippen molar-refractivity contribution < 1.29 is 14.3 Å². The second-order valence-corrected chi connectivity index (χ2v) is 5.33. The van der Waals surface area contributed by atoms with Gasteiger partial charge in [0.15, 0.2) is 5.13 Å². The zero-order chi connectivity index (χ0) is 13.9. The number of esters is 1. The number of aromatic nitrogens is 1. The van der Waals surface area contributed by atoms with Crippen LogP contribution in [-0.4, -0.2) is 31.2 Å². The minimum Gasteiger partial charge on any atom is -0.491 e. The fourth-order valence-electron chi connectivity index (χ4n) is 2.11. The number of hydrogen-bond donors (Lipinski definition) is 0. The SMILES string of the molecule is COC(=O)c1cnc(N2CCCOc3ccccc32)s1. The van der Waals surface area contributed by atoms with Crippen molar-refractivity contribution in [3.05, 3.63) is 35.3 Å². The van der Waals surface area contributed by atoms with Crippen LogP contribution in [-0.2, 0) is 4.74 Å². The molecule has 0 saturated heterocycles. The van der Waals surface area contributed by atoms with Crippen LogP contribution in [0.3, 0.4) is 0 Å². The van der Waals surface area contributed by atoms with Gasteiger partial charge in [-0.25, -0.2) is 9.78 Å². The van der Waals surface area contributed by atoms with Crippen LogP contribution in [0.25, 0.3) is 0 Å². The van der Waals surface area contributed by atoms with Gasteiger partial charge in [0.2, 0.25) is 0 Å². The molecule has 104 valence electrons. The van der Waals surface area contributed by atoms with E-state index in [1.807, 2.05) is 24.3 Å². The molecule has 0 aliphatic carbocycles. The first-order valence-corrected chi connectivity index (χ1v) is 7.15. The molecule has 5 nitrogen and oxygen atoms in total. The normalized spacial score (nSPS) is 14.2. The van der Waals surface area contributed by atoms with Crippen molar-refractivity contribution in [1.29, 1.82) is 0 Å². The number of nitrogens with zero attached hydrogens (tertiary/aromatic N) is 2. The number of rotatable bonds is 2. The Labute approximate surface area is 120 Å². The van der Waals surface area contributed by atoms with Crippen molar-refractivity contribution in [1.82, 2.24) is 4.98 Å². The van der Waals surface area contributed by atoms with Crippen molar-refractivity contribution in [3.8, 4) is 5.75 Å². The second-order valence-electron chi connectivity index (χ2n) is 4.32. The van der Waals surface area contributed by atoms with Gasteiger partial charge in [-0.2, -0.15) is 0 Å². The summed E-state index contributed by atoms with van der Waals surface area (Å²) >= 11 is 1.33. The van der Waals surface area contributed by atoms with Crippen LogP contribution in [0.1, 0.15) is 16.1 Å². The third-order valence-electron chi connectivity index (χ3n) is 3.05. The monoisotopic (exact) mass is 290 g/mol. The molecular formula is C14H14N2O3S. The van der Waals surface area contributed by atoms with Gasteiger partial charge in [-0.15, -0.1) is 0 Å². The van der Waals surface area contributed by atoms with Gasteiger partial charge in [0.1, 0.15) is 10.6 Å². The molecule has 1 aromatic heterocycles. The summed E-state index contributed by atoms with van der Waals surface area (Å²) in [6, 6.07) is 7.86. The summed E-state index contributed by atoms with van der Waals surface area (Å²) in [5.41, 5.74) is 0.982. The lowest BCUT2D eigenvalue weighted by Crippen LogP contribution is -2.17. The Bertz CT molecular complexity index is 626. The number of methoxy groups -OCH3 is 1. The van der Waals surface area contributed by atoms with Gasteiger partial charge >= 0.3 is 5.97 Å². The predicted molar refractivity (Wildman–Crippen MR) is 77.0 cm³/mol. The van der Waals surface area contributed by atoms with E-state index in [9.17, 15) is 4.79 Å². The molecule has 1 aliphatic rings. The standard InChI is InChI=1S/C14H14N2O3S/c1-18-13(17)12-9-15-14(20-12)16-7-4-8-19-11-6-3-2-5-10(11)16/h2-3,5-6,9H,4,7-8H2,1H3. The highest BCUT2D eigenvalue weighted by Gasteiger charge is 2.21. The fraction of sp³-hybridized carbons (Fsp3) is 0.286. The molecule has 2 aromatic rings. The average molecular weight is 290 g/mol. The third-order valence-corrected chi connectivity index (χ3v) is 4.05. The Balaban J connectivity index is 1.97. The van der Waals surface area contributed by atoms with Crippen molar-refractivity contribution in [3.63, 3.8) is 0 Å². The molecule has 3 rings (SSSR count). The molecule has 20 heavy (non-hydrogen) atoms. The Morgan fingerprint density at radius 3 is 3.15 bits per heavy atom. The molecule has 6 heteroatoms. The number of fused-ring (bicyclic) bond motifs is 1. The van der Waals surface area contributed by atoms with E-state index in [1.54, 1.807) is 6.20 Å². The second kappa shape index (κ2) is 5.50. The maximum atomic E-state index is 11.5. The summed E-state index contributed by atoms with van der Waals surface area (Å²) in [4.78, 5) is 18.5. The number of para-hydroxylation sites is 2. The molecule has 0 atom stereocenters. The van der Waals surface area contributed by atoms with Crippen LogP contribution in [0, 0.1) is 0 Å². The highest BCUT2D eigenvalue weighted by molar-refractivity contribution is 7.17. The van der Waals surface area contributed by atoms with Crippen LogP contribution < -0.4 is 9.64 Å². The first-order valence-electron chi connectivity index (χ1n) is 6.33. The summed E-state index contributed by atoms with van der Waals surface area (Å²) in [5, 5.41) is 0.781. The predicted octanol–water partition coefficient (Wildman–Crippen LogP) is 2.85. The number of ether oxygens (including phenoxy) is 2. The number of carbonyl (C=O) groups is 1. The highest BCUT2D eigenvalue weighted by Crippen LogP contribution is 2.37. The molecule has 0 saturated carbocycles. The first kappa shape index (κ1) is 12.9. The van der Waals surface area contributed by atoms with E-state index < -0.39 is 0 Å². The van der Waals surface area contributed by atoms with Crippen LogP contribution in [0.2, 0.25) is 0 Å². The molecule has 0 N–H and O–H groups in total. The third kappa shape index (κ3) is 2.34. The first-order chi connectivity index (χ1) is 9.79. The van der Waals surface area contributed by atoms with Crippen LogP contribution in [0.15, 0.2) is 30.5 Å². The van der Waals surface area contributed by atoms with E-state index in [0.29, 0.717) is 11.5 Å². The lowest BCUT2D eigenvalue weighted by Gasteiger charge is -2.20. The lowest BCUT2D eigenvalue weighted by atomic mass is 10.2. The molecule has 2 heterocycles. The van der Waals surface area contributed by atoms with Gasteiger partial charge in [0, 0.05) is 6.54 Å². The van der Waals surface area contributed by atoms with E-state index in [2.05, 4.69) is 9.88 Å². The molecule has 0 fully saturated rings. The molecule has 1 aromatic carbocycles. The van der Waals surface area contributed by atoms with Crippen molar-refractivity contribution in [2.45, 2.75) is 6.42 Å². The Kier molecular flexibility index (Phi) is 3.56. The summed E-state index contributed by atoms with van der Waals surface area (Å²) in [7, 11) is 1.37. The van der Waals surface area contributed by atoms with Gasteiger partial charge in [-0.05, 0) is 18.6 Å². The molecule has 0 bridgehead atoms. The summed E-state index contributed by atoms with van der Waals surface area (Å²) < 4.78 is 10.4. The Morgan fingerprint density at radius 2 is 2.30 bits per heavy atom. The smallest absolute Gasteiger partial charge is 0.349 e. The number of hydrogen-bond acceptors (Lipinski definition) is 6. The molecular weight excluding hydrogens is 276 g/mol. The highest BCUT2D eigenvalue weighted by atomic mass is 32.1. The zero-order valence-electron chi connectivity index (χ0n) is 11.0. The Hall–Kier alpha value is -2.08. The van der Waals surface area contributed by atoms with E-state index in [0.717, 1.165) is 29.5 Å². The van der Waals surface area contributed by atoms with Crippen molar-refractivity contribution in [2.75, 3.05) is 25.2 Å². The van der Waals surface area contributed by atoms with Gasteiger partial charge in [-0.3, -0.25) is 0 Å². The molecule has 0 spiro atoms. The largest absolute Gasteiger partial charge is 0.491 e. The summed E-state index contributed by atoms with van der Waals surface area (Å²) in [5.74, 6) is 0.493. The summed E-state index contributed by atoms with van der Waals surface area (Å²) in [6.07, 6.45) is 2.46. The van der Waals surface area contributed by atoms with E-state index >= 15 is 0 Å². The van der Waals surface area contributed by atoms with Gasteiger partial charge in [-0.1, -0.05) is 23.5 Å². The van der Waals surface area contributed by atoms with Crippen LogP contribution in [0.5, 0.6) is 5.75 Å². The number of anilines is 2. The Morgan fingerprint density at radius 1 is 1.45 bits per heavy atom. The lowest BCUT2D eigenvalue weighted by molar-refractivity contribution is 0.0606.